The number of rotatable bonds is 12. The number of halogens is 4. The molecule has 4 unspecified atom stereocenters. The molecule has 0 fully saturated rings. The van der Waals surface area contributed by atoms with Crippen LogP contribution in [0.25, 0.3) is 0 Å². The van der Waals surface area contributed by atoms with Crippen molar-refractivity contribution in [3.05, 3.63) is 142 Å². The van der Waals surface area contributed by atoms with Gasteiger partial charge in [-0.25, -0.2) is 0 Å². The van der Waals surface area contributed by atoms with E-state index in [0.29, 0.717) is 43.0 Å². The van der Waals surface area contributed by atoms with Gasteiger partial charge in [0.05, 0.1) is 5.41 Å². The molecule has 0 spiro atoms. The molecule has 0 saturated carbocycles. The number of hydrogen-bond acceptors (Lipinski definition) is 0. The minimum atomic E-state index is -0.507. The predicted octanol–water partition coefficient (Wildman–Crippen LogP) is 14.4. The third-order valence-corrected chi connectivity index (χ3v) is 15.3. The molecule has 4 heteroatoms. The smallest absolute Gasteiger partial charge is 0.0701 e. The minimum Gasteiger partial charge on any atom is -0.0836 e. The lowest BCUT2D eigenvalue weighted by Gasteiger charge is -2.38. The monoisotopic (exact) mass is 856 g/mol. The van der Waals surface area contributed by atoms with Crippen molar-refractivity contribution in [1.29, 1.82) is 0 Å². The fourth-order valence-corrected chi connectivity index (χ4v) is 7.43. The second-order valence-corrected chi connectivity index (χ2v) is 17.8. The van der Waals surface area contributed by atoms with Crippen LogP contribution in [-0.2, 0) is 5.41 Å². The van der Waals surface area contributed by atoms with E-state index < -0.39 is 5.41 Å². The maximum atomic E-state index is 3.95. The van der Waals surface area contributed by atoms with Crippen LogP contribution in [0.5, 0.6) is 0 Å². The van der Waals surface area contributed by atoms with Crippen molar-refractivity contribution in [3.8, 4) is 0 Å². The summed E-state index contributed by atoms with van der Waals surface area (Å²) in [5, 5.41) is 0. The van der Waals surface area contributed by atoms with Crippen LogP contribution >= 0.6 is 63.7 Å². The Kier molecular flexibility index (Phi) is 12.9. The average Bonchev–Trinajstić information content (AvgIpc) is 3.04. The van der Waals surface area contributed by atoms with Crippen molar-refractivity contribution in [2.75, 3.05) is 0 Å². The quantitative estimate of drug-likeness (QED) is 0.0983. The highest BCUT2D eigenvalue weighted by molar-refractivity contribution is 9.09. The Morgan fingerprint density at radius 1 is 0.311 bits per heavy atom. The first-order valence-corrected chi connectivity index (χ1v) is 19.9. The molecule has 0 aromatic heterocycles. The number of benzene rings is 4. The zero-order valence-electron chi connectivity index (χ0n) is 27.9. The molecule has 0 aliphatic rings. The first-order valence-electron chi connectivity index (χ1n) is 16.3. The van der Waals surface area contributed by atoms with E-state index in [1.165, 1.54) is 44.5 Å². The molecule has 4 aromatic carbocycles. The molecule has 0 amide bonds. The fraction of sp³-hybridized carbons (Fsp3) is 0.415. The van der Waals surface area contributed by atoms with Gasteiger partial charge in [-0.2, -0.15) is 0 Å². The zero-order valence-corrected chi connectivity index (χ0v) is 34.2. The van der Waals surface area contributed by atoms with Crippen LogP contribution in [0.15, 0.2) is 97.1 Å². The van der Waals surface area contributed by atoms with Gasteiger partial charge in [-0.15, -0.1) is 0 Å². The summed E-state index contributed by atoms with van der Waals surface area (Å²) in [5.74, 6) is 2.01. The normalized spacial score (nSPS) is 16.2. The van der Waals surface area contributed by atoms with Gasteiger partial charge < -0.3 is 0 Å². The van der Waals surface area contributed by atoms with Gasteiger partial charge in [0.1, 0.15) is 0 Å². The Bertz CT molecular complexity index is 1250. The van der Waals surface area contributed by atoms with Crippen LogP contribution in [0.4, 0.5) is 0 Å². The van der Waals surface area contributed by atoms with E-state index in [1.54, 1.807) is 0 Å². The highest BCUT2D eigenvalue weighted by Gasteiger charge is 2.39. The highest BCUT2D eigenvalue weighted by Crippen LogP contribution is 2.48. The van der Waals surface area contributed by atoms with E-state index in [9.17, 15) is 0 Å². The molecule has 240 valence electrons. The first-order chi connectivity index (χ1) is 21.3. The van der Waals surface area contributed by atoms with Gasteiger partial charge >= 0.3 is 0 Å². The Balaban J connectivity index is 2.03. The standard InChI is InChI=1S/C41H48Br4/c1-25(2)37(42)29-9-17-33(18-10-29)41(34-19-11-30(12-20-34)38(43)26(3)4,35-21-13-31(14-22-35)39(44)27(5)6)36-23-15-32(16-24-36)40(45)28(7)8/h9-28,37-40H,1-8H3. The summed E-state index contributed by atoms with van der Waals surface area (Å²) in [6.07, 6.45) is 0. The van der Waals surface area contributed by atoms with Crippen LogP contribution in [0.1, 0.15) is 119 Å². The maximum Gasteiger partial charge on any atom is 0.0701 e. The average molecular weight is 860 g/mol. The lowest BCUT2D eigenvalue weighted by atomic mass is 9.64. The van der Waals surface area contributed by atoms with Crippen molar-refractivity contribution in [2.24, 2.45) is 23.7 Å². The number of alkyl halides is 4. The Hall–Kier alpha value is -1.20. The van der Waals surface area contributed by atoms with Gasteiger partial charge in [0.2, 0.25) is 0 Å². The Labute approximate surface area is 306 Å². The lowest BCUT2D eigenvalue weighted by molar-refractivity contribution is 0.638. The summed E-state index contributed by atoms with van der Waals surface area (Å²) in [4.78, 5) is 1.24. The van der Waals surface area contributed by atoms with Crippen molar-refractivity contribution < 1.29 is 0 Å². The molecule has 0 radical (unpaired) electrons. The van der Waals surface area contributed by atoms with Gasteiger partial charge in [-0.3, -0.25) is 0 Å². The molecule has 4 atom stereocenters. The van der Waals surface area contributed by atoms with Crippen molar-refractivity contribution >= 4 is 63.7 Å². The molecule has 0 heterocycles. The van der Waals surface area contributed by atoms with Crippen molar-refractivity contribution in [1.82, 2.24) is 0 Å². The minimum absolute atomic E-state index is 0.310. The summed E-state index contributed by atoms with van der Waals surface area (Å²) in [5.41, 5.74) is 9.78. The highest BCUT2D eigenvalue weighted by atomic mass is 79.9. The SMILES string of the molecule is CC(C)C(Br)c1ccc(C(c2ccc(C(Br)C(C)C)cc2)(c2ccc(C(Br)C(C)C)cc2)c2ccc(C(Br)C(C)C)cc2)cc1. The Morgan fingerprint density at radius 2 is 0.467 bits per heavy atom. The summed E-state index contributed by atoms with van der Waals surface area (Å²) < 4.78 is 0. The molecule has 4 aromatic rings. The molecule has 0 aliphatic carbocycles. The third kappa shape index (κ3) is 7.93. The van der Waals surface area contributed by atoms with Gasteiger partial charge in [0, 0.05) is 19.3 Å². The third-order valence-electron chi connectivity index (χ3n) is 8.99. The van der Waals surface area contributed by atoms with E-state index in [-0.39, 0.29) is 0 Å². The summed E-state index contributed by atoms with van der Waals surface area (Å²) in [6, 6.07) is 37.3. The molecule has 0 aliphatic heterocycles. The molecular formula is C41H48Br4. The topological polar surface area (TPSA) is 0 Å². The number of hydrogen-bond donors (Lipinski definition) is 0. The second kappa shape index (κ2) is 15.8. The second-order valence-electron chi connectivity index (χ2n) is 13.8. The van der Waals surface area contributed by atoms with Crippen LogP contribution < -0.4 is 0 Å². The molecule has 0 nitrogen and oxygen atoms in total. The Morgan fingerprint density at radius 3 is 0.600 bits per heavy atom. The van der Waals surface area contributed by atoms with E-state index >= 15 is 0 Å². The largest absolute Gasteiger partial charge is 0.0836 e. The van der Waals surface area contributed by atoms with Crippen molar-refractivity contribution in [2.45, 2.75) is 80.1 Å². The summed E-state index contributed by atoms with van der Waals surface area (Å²) in [6.45, 7) is 18.1. The van der Waals surface area contributed by atoms with Crippen LogP contribution in [-0.4, -0.2) is 0 Å². The summed E-state index contributed by atoms with van der Waals surface area (Å²) >= 11 is 15.8. The molecule has 0 saturated heterocycles. The van der Waals surface area contributed by atoms with Crippen LogP contribution in [0, 0.1) is 23.7 Å². The summed E-state index contributed by atoms with van der Waals surface area (Å²) in [7, 11) is 0. The molecule has 45 heavy (non-hydrogen) atoms. The van der Waals surface area contributed by atoms with Crippen molar-refractivity contribution in [3.63, 3.8) is 0 Å². The van der Waals surface area contributed by atoms with Crippen LogP contribution in [0.3, 0.4) is 0 Å². The van der Waals surface area contributed by atoms with Gasteiger partial charge in [0.25, 0.3) is 0 Å². The van der Waals surface area contributed by atoms with Gasteiger partial charge in [-0.05, 0) is 68.2 Å². The van der Waals surface area contributed by atoms with E-state index in [0.717, 1.165) is 0 Å². The van der Waals surface area contributed by atoms with E-state index in [4.69, 9.17) is 0 Å². The van der Waals surface area contributed by atoms with Crippen LogP contribution in [0.2, 0.25) is 0 Å². The van der Waals surface area contributed by atoms with E-state index in [1.807, 2.05) is 0 Å². The maximum absolute atomic E-state index is 3.95. The fourth-order valence-electron chi connectivity index (χ4n) is 6.21. The predicted molar refractivity (Wildman–Crippen MR) is 211 cm³/mol. The molecule has 4 rings (SSSR count). The molecule has 0 bridgehead atoms. The lowest BCUT2D eigenvalue weighted by Crippen LogP contribution is -2.31. The molecule has 0 N–H and O–H groups in total. The molecular weight excluding hydrogens is 812 g/mol. The van der Waals surface area contributed by atoms with Gasteiger partial charge in [0.15, 0.2) is 0 Å². The zero-order chi connectivity index (χ0) is 33.1. The first kappa shape index (κ1) is 36.6. The van der Waals surface area contributed by atoms with E-state index in [2.05, 4.69) is 216 Å². The van der Waals surface area contributed by atoms with Gasteiger partial charge in [-0.1, -0.05) is 216 Å².